The van der Waals surface area contributed by atoms with Crippen LogP contribution < -0.4 is 0 Å². The summed E-state index contributed by atoms with van der Waals surface area (Å²) in [5.41, 5.74) is 0. The summed E-state index contributed by atoms with van der Waals surface area (Å²) < 4.78 is 27.8. The highest BCUT2D eigenvalue weighted by molar-refractivity contribution is 7.71. The first-order valence-corrected chi connectivity index (χ1v) is 9.26. The quantitative estimate of drug-likeness (QED) is 0.340. The normalized spacial score (nSPS) is 17.7. The van der Waals surface area contributed by atoms with E-state index in [1.807, 2.05) is 6.92 Å². The van der Waals surface area contributed by atoms with Crippen molar-refractivity contribution in [3.05, 3.63) is 0 Å². The van der Waals surface area contributed by atoms with E-state index in [2.05, 4.69) is 0 Å². The second-order valence-electron chi connectivity index (χ2n) is 4.18. The Bertz CT molecular complexity index is 331. The van der Waals surface area contributed by atoms with Crippen molar-refractivity contribution in [1.82, 2.24) is 5.06 Å². The second kappa shape index (κ2) is 7.75. The third-order valence-corrected chi connectivity index (χ3v) is 7.01. The molecule has 0 fully saturated rings. The maximum absolute atomic E-state index is 11.8. The van der Waals surface area contributed by atoms with Crippen LogP contribution in [-0.4, -0.2) is 38.7 Å². The van der Waals surface area contributed by atoms with Crippen LogP contribution in [0.25, 0.3) is 0 Å². The molecule has 0 amide bonds. The lowest BCUT2D eigenvalue weighted by Gasteiger charge is -2.26. The Hall–Kier alpha value is 0.260. The van der Waals surface area contributed by atoms with Crippen LogP contribution in [-0.2, 0) is 13.8 Å². The van der Waals surface area contributed by atoms with Crippen LogP contribution >= 0.6 is 15.2 Å². The molecule has 0 aliphatic heterocycles. The van der Waals surface area contributed by atoms with Crippen molar-refractivity contribution in [3.8, 4) is 0 Å². The Kier molecular flexibility index (Phi) is 7.87. The molecule has 18 heavy (non-hydrogen) atoms. The molecule has 0 bridgehead atoms. The van der Waals surface area contributed by atoms with Gasteiger partial charge in [-0.25, -0.2) is 4.62 Å². The van der Waals surface area contributed by atoms with Gasteiger partial charge in [0.05, 0.1) is 0 Å². The van der Waals surface area contributed by atoms with E-state index in [1.165, 1.54) is 19.0 Å². The molecule has 0 aromatic carbocycles. The zero-order chi connectivity index (χ0) is 14.4. The number of nitrogens with zero attached hydrogens (tertiary/aromatic N) is 1. The molecule has 9 heteroatoms. The number of unbranched alkanes of at least 4 members (excludes halogenated alkanes) is 2. The molecular formula is C9H23NO6P2. The Morgan fingerprint density at radius 2 is 1.72 bits per heavy atom. The number of hydroxylamine groups is 2. The van der Waals surface area contributed by atoms with Crippen molar-refractivity contribution < 1.29 is 28.4 Å². The topological polar surface area (TPSA) is 107 Å². The molecule has 0 saturated carbocycles. The largest absolute Gasteiger partial charge is 0.359 e. The summed E-state index contributed by atoms with van der Waals surface area (Å²) in [6.45, 7) is 3.90. The SMILES string of the molecule is CCCCCN(C)OP(=O)(O)C(CC)P(=O)(O)O. The third-order valence-electron chi connectivity index (χ3n) is 2.46. The third kappa shape index (κ3) is 6.43. The summed E-state index contributed by atoms with van der Waals surface area (Å²) in [4.78, 5) is 27.7. The first-order chi connectivity index (χ1) is 8.15. The van der Waals surface area contributed by atoms with Gasteiger partial charge in [-0.2, -0.15) is 5.06 Å². The van der Waals surface area contributed by atoms with Crippen LogP contribution in [0.1, 0.15) is 39.5 Å². The van der Waals surface area contributed by atoms with Gasteiger partial charge in [-0.1, -0.05) is 26.7 Å². The van der Waals surface area contributed by atoms with E-state index in [4.69, 9.17) is 14.4 Å². The van der Waals surface area contributed by atoms with Gasteiger partial charge >= 0.3 is 15.2 Å². The summed E-state index contributed by atoms with van der Waals surface area (Å²) >= 11 is 0. The molecule has 110 valence electrons. The summed E-state index contributed by atoms with van der Waals surface area (Å²) in [7, 11) is -7.54. The Morgan fingerprint density at radius 3 is 2.11 bits per heavy atom. The maximum Gasteiger partial charge on any atom is 0.359 e. The number of hydrogen-bond acceptors (Lipinski definition) is 4. The summed E-state index contributed by atoms with van der Waals surface area (Å²) in [6, 6.07) is 0. The summed E-state index contributed by atoms with van der Waals surface area (Å²) in [5.74, 6) is 0. The van der Waals surface area contributed by atoms with Gasteiger partial charge in [0.2, 0.25) is 0 Å². The van der Waals surface area contributed by atoms with E-state index in [1.54, 1.807) is 0 Å². The van der Waals surface area contributed by atoms with E-state index < -0.39 is 20.6 Å². The smallest absolute Gasteiger partial charge is 0.324 e. The van der Waals surface area contributed by atoms with Crippen LogP contribution in [0.4, 0.5) is 0 Å². The molecule has 3 N–H and O–H groups in total. The molecule has 0 saturated heterocycles. The lowest BCUT2D eigenvalue weighted by atomic mass is 10.2. The van der Waals surface area contributed by atoms with Crippen molar-refractivity contribution >= 4 is 15.2 Å². The van der Waals surface area contributed by atoms with Gasteiger partial charge in [-0.15, -0.1) is 0 Å². The molecule has 0 radical (unpaired) electrons. The molecule has 0 rings (SSSR count). The Morgan fingerprint density at radius 1 is 1.17 bits per heavy atom. The van der Waals surface area contributed by atoms with Crippen LogP contribution in [0.15, 0.2) is 0 Å². The Balaban J connectivity index is 4.53. The van der Waals surface area contributed by atoms with Crippen molar-refractivity contribution in [2.75, 3.05) is 13.6 Å². The van der Waals surface area contributed by atoms with E-state index in [-0.39, 0.29) is 6.42 Å². The minimum atomic E-state index is -4.65. The highest BCUT2D eigenvalue weighted by Crippen LogP contribution is 2.64. The molecule has 2 atom stereocenters. The molecule has 0 aliphatic carbocycles. The van der Waals surface area contributed by atoms with Gasteiger partial charge in [0, 0.05) is 13.6 Å². The average Bonchev–Trinajstić information content (AvgIpc) is 2.14. The monoisotopic (exact) mass is 303 g/mol. The first kappa shape index (κ1) is 18.3. The lowest BCUT2D eigenvalue weighted by molar-refractivity contribution is -0.0433. The van der Waals surface area contributed by atoms with Crippen LogP contribution in [0.3, 0.4) is 0 Å². The molecule has 0 spiro atoms. The summed E-state index contributed by atoms with van der Waals surface area (Å²) in [5, 5.41) is -0.493. The lowest BCUT2D eigenvalue weighted by Crippen LogP contribution is -2.22. The van der Waals surface area contributed by atoms with Crippen LogP contribution in [0.2, 0.25) is 0 Å². The van der Waals surface area contributed by atoms with Crippen molar-refractivity contribution in [2.45, 2.75) is 44.9 Å². The molecule has 0 aromatic heterocycles. The first-order valence-electron chi connectivity index (χ1n) is 5.93. The maximum atomic E-state index is 11.8. The predicted octanol–water partition coefficient (Wildman–Crippen LogP) is 2.14. The highest BCUT2D eigenvalue weighted by atomic mass is 31.2. The number of hydrogen-bond donors (Lipinski definition) is 3. The van der Waals surface area contributed by atoms with Gasteiger partial charge in [-0.05, 0) is 12.8 Å². The van der Waals surface area contributed by atoms with Crippen molar-refractivity contribution in [2.24, 2.45) is 0 Å². The zero-order valence-corrected chi connectivity index (χ0v) is 12.8. The van der Waals surface area contributed by atoms with Gasteiger partial charge in [-0.3, -0.25) is 9.13 Å². The minimum Gasteiger partial charge on any atom is -0.324 e. The van der Waals surface area contributed by atoms with E-state index in [0.717, 1.165) is 19.3 Å². The average molecular weight is 303 g/mol. The van der Waals surface area contributed by atoms with Gasteiger partial charge in [0.25, 0.3) is 0 Å². The second-order valence-corrected chi connectivity index (χ2v) is 8.31. The van der Waals surface area contributed by atoms with E-state index in [0.29, 0.717) is 6.54 Å². The fourth-order valence-corrected chi connectivity index (χ4v) is 4.71. The molecule has 7 nitrogen and oxygen atoms in total. The van der Waals surface area contributed by atoms with E-state index >= 15 is 0 Å². The van der Waals surface area contributed by atoms with E-state index in [9.17, 15) is 14.0 Å². The molecule has 0 aromatic rings. The molecular weight excluding hydrogens is 280 g/mol. The minimum absolute atomic E-state index is 0.124. The van der Waals surface area contributed by atoms with Crippen LogP contribution in [0, 0.1) is 0 Å². The number of rotatable bonds is 9. The molecule has 0 aliphatic rings. The van der Waals surface area contributed by atoms with Gasteiger partial charge in [0.15, 0.2) is 5.40 Å². The predicted molar refractivity (Wildman–Crippen MR) is 69.2 cm³/mol. The Labute approximate surface area is 108 Å². The van der Waals surface area contributed by atoms with Gasteiger partial charge < -0.3 is 14.7 Å². The van der Waals surface area contributed by atoms with Crippen LogP contribution in [0.5, 0.6) is 0 Å². The molecule has 2 unspecified atom stereocenters. The van der Waals surface area contributed by atoms with Crippen molar-refractivity contribution in [3.63, 3.8) is 0 Å². The highest BCUT2D eigenvalue weighted by Gasteiger charge is 2.45. The summed E-state index contributed by atoms with van der Waals surface area (Å²) in [6.07, 6.45) is 2.63. The fourth-order valence-electron chi connectivity index (χ4n) is 1.54. The standard InChI is InChI=1S/C9H23NO6P2/c1-4-6-7-8-10(3)16-18(14,15)9(5-2)17(11,12)13/h9H,4-8H2,1-3H3,(H,14,15)(H2,11,12,13). The van der Waals surface area contributed by atoms with Crippen molar-refractivity contribution in [1.29, 1.82) is 0 Å². The van der Waals surface area contributed by atoms with Gasteiger partial charge in [0.1, 0.15) is 0 Å². The zero-order valence-electron chi connectivity index (χ0n) is 11.0. The molecule has 0 heterocycles. The fraction of sp³-hybridized carbons (Fsp3) is 1.00.